The number of nitrogen functional groups attached to an aromatic ring is 1. The molecule has 1 aromatic rings. The molecule has 0 radical (unpaired) electrons. The van der Waals surface area contributed by atoms with Crippen LogP contribution in [0.15, 0.2) is 23.1 Å². The smallest absolute Gasteiger partial charge is 0.238 e. The fourth-order valence-electron chi connectivity index (χ4n) is 1.09. The summed E-state index contributed by atoms with van der Waals surface area (Å²) in [7, 11) is -3.72. The maximum absolute atomic E-state index is 11.1. The first-order valence-corrected chi connectivity index (χ1v) is 6.48. The largest absolute Gasteiger partial charge is 0.489 e. The van der Waals surface area contributed by atoms with E-state index in [0.29, 0.717) is 11.4 Å². The Morgan fingerprint density at radius 1 is 1.44 bits per heavy atom. The molecule has 0 heterocycles. The van der Waals surface area contributed by atoms with E-state index in [0.717, 1.165) is 6.42 Å². The molecular weight excluding hydrogens is 228 g/mol. The van der Waals surface area contributed by atoms with Gasteiger partial charge in [0.05, 0.1) is 16.7 Å². The number of nitrogens with two attached hydrogens (primary N) is 2. The number of hydrogen-bond acceptors (Lipinski definition) is 4. The average Bonchev–Trinajstić information content (AvgIpc) is 2.19. The van der Waals surface area contributed by atoms with Crippen LogP contribution in [-0.4, -0.2) is 14.5 Å². The van der Waals surface area contributed by atoms with E-state index in [-0.39, 0.29) is 11.0 Å². The van der Waals surface area contributed by atoms with Gasteiger partial charge in [-0.05, 0) is 25.5 Å². The predicted molar refractivity (Wildman–Crippen MR) is 62.6 cm³/mol. The second-order valence-corrected chi connectivity index (χ2v) is 5.14. The molecule has 0 aromatic heterocycles. The summed E-state index contributed by atoms with van der Waals surface area (Å²) in [6.45, 7) is 3.84. The molecular formula is C10H16N2O3S. The molecule has 1 aromatic carbocycles. The van der Waals surface area contributed by atoms with Crippen LogP contribution in [0.4, 0.5) is 5.69 Å². The van der Waals surface area contributed by atoms with E-state index in [1.807, 2.05) is 13.8 Å². The second-order valence-electron chi connectivity index (χ2n) is 3.58. The maximum atomic E-state index is 11.1. The number of rotatable bonds is 4. The summed E-state index contributed by atoms with van der Waals surface area (Å²) in [4.78, 5) is 0.00000283. The first-order valence-electron chi connectivity index (χ1n) is 4.93. The first kappa shape index (κ1) is 12.8. The Bertz CT molecular complexity index is 471. The highest BCUT2D eigenvalue weighted by Gasteiger charge is 2.12. The van der Waals surface area contributed by atoms with E-state index in [1.54, 1.807) is 0 Å². The highest BCUT2D eigenvalue weighted by Crippen LogP contribution is 2.25. The zero-order valence-corrected chi connectivity index (χ0v) is 10.1. The van der Waals surface area contributed by atoms with Gasteiger partial charge in [0.15, 0.2) is 0 Å². The molecule has 0 spiro atoms. The lowest BCUT2D eigenvalue weighted by Crippen LogP contribution is -2.14. The van der Waals surface area contributed by atoms with Crippen LogP contribution in [0.1, 0.15) is 20.3 Å². The molecule has 1 atom stereocenters. The summed E-state index contributed by atoms with van der Waals surface area (Å²) in [5.74, 6) is 0.348. The lowest BCUT2D eigenvalue weighted by atomic mass is 10.3. The standard InChI is InChI=1S/C10H16N2O3S/c1-3-7(2)15-10-6-8(16(12,13)14)4-5-9(10)11/h4-7H,3,11H2,1-2H3,(H2,12,13,14). The molecule has 0 saturated heterocycles. The van der Waals surface area contributed by atoms with Crippen molar-refractivity contribution in [3.8, 4) is 5.75 Å². The van der Waals surface area contributed by atoms with E-state index in [4.69, 9.17) is 15.6 Å². The first-order chi connectivity index (χ1) is 7.34. The molecule has 6 heteroatoms. The molecule has 0 aliphatic rings. The molecule has 1 rings (SSSR count). The molecule has 4 N–H and O–H groups in total. The van der Waals surface area contributed by atoms with Gasteiger partial charge in [-0.1, -0.05) is 6.92 Å². The minimum atomic E-state index is -3.72. The fourth-order valence-corrected chi connectivity index (χ4v) is 1.62. The van der Waals surface area contributed by atoms with Gasteiger partial charge in [-0.25, -0.2) is 13.6 Å². The number of anilines is 1. The van der Waals surface area contributed by atoms with Crippen LogP contribution in [0.3, 0.4) is 0 Å². The normalized spacial score (nSPS) is 13.4. The van der Waals surface area contributed by atoms with Crippen LogP contribution >= 0.6 is 0 Å². The Morgan fingerprint density at radius 3 is 2.56 bits per heavy atom. The van der Waals surface area contributed by atoms with Crippen molar-refractivity contribution >= 4 is 15.7 Å². The molecule has 0 saturated carbocycles. The van der Waals surface area contributed by atoms with E-state index in [1.165, 1.54) is 18.2 Å². The van der Waals surface area contributed by atoms with Crippen molar-refractivity contribution < 1.29 is 13.2 Å². The van der Waals surface area contributed by atoms with Crippen molar-refractivity contribution in [1.82, 2.24) is 0 Å². The number of hydrogen-bond donors (Lipinski definition) is 2. The summed E-state index contributed by atoms with van der Waals surface area (Å²) >= 11 is 0. The molecule has 0 bridgehead atoms. The van der Waals surface area contributed by atoms with Gasteiger partial charge in [0.25, 0.3) is 0 Å². The van der Waals surface area contributed by atoms with E-state index in [2.05, 4.69) is 0 Å². The van der Waals surface area contributed by atoms with Gasteiger partial charge in [-0.3, -0.25) is 0 Å². The second kappa shape index (κ2) is 4.71. The topological polar surface area (TPSA) is 95.4 Å². The zero-order chi connectivity index (χ0) is 12.3. The van der Waals surface area contributed by atoms with Crippen LogP contribution in [0.25, 0.3) is 0 Å². The Morgan fingerprint density at radius 2 is 2.06 bits per heavy atom. The van der Waals surface area contributed by atoms with Crippen molar-refractivity contribution in [2.24, 2.45) is 5.14 Å². The average molecular weight is 244 g/mol. The summed E-state index contributed by atoms with van der Waals surface area (Å²) < 4.78 is 27.8. The van der Waals surface area contributed by atoms with Gasteiger partial charge in [0.1, 0.15) is 5.75 Å². The lowest BCUT2D eigenvalue weighted by molar-refractivity contribution is 0.218. The SMILES string of the molecule is CCC(C)Oc1cc(S(N)(=O)=O)ccc1N. The van der Waals surface area contributed by atoms with Gasteiger partial charge in [0, 0.05) is 6.07 Å². The van der Waals surface area contributed by atoms with Crippen LogP contribution in [-0.2, 0) is 10.0 Å². The molecule has 5 nitrogen and oxygen atoms in total. The van der Waals surface area contributed by atoms with Crippen LogP contribution in [0.2, 0.25) is 0 Å². The van der Waals surface area contributed by atoms with Gasteiger partial charge >= 0.3 is 0 Å². The number of ether oxygens (including phenoxy) is 1. The molecule has 1 unspecified atom stereocenters. The summed E-state index contributed by atoms with van der Waals surface area (Å²) in [5.41, 5.74) is 6.07. The van der Waals surface area contributed by atoms with E-state index < -0.39 is 10.0 Å². The van der Waals surface area contributed by atoms with E-state index >= 15 is 0 Å². The number of benzene rings is 1. The number of primary sulfonamides is 1. The molecule has 0 amide bonds. The van der Waals surface area contributed by atoms with Crippen LogP contribution < -0.4 is 15.6 Å². The predicted octanol–water partition coefficient (Wildman–Crippen LogP) is 1.09. The summed E-state index contributed by atoms with van der Waals surface area (Å²) in [6.07, 6.45) is 0.775. The molecule has 0 aliphatic heterocycles. The zero-order valence-electron chi connectivity index (χ0n) is 9.30. The third-order valence-electron chi connectivity index (χ3n) is 2.22. The Hall–Kier alpha value is -1.27. The maximum Gasteiger partial charge on any atom is 0.238 e. The Labute approximate surface area is 95.4 Å². The number of sulfonamides is 1. The minimum Gasteiger partial charge on any atom is -0.489 e. The van der Waals surface area contributed by atoms with E-state index in [9.17, 15) is 8.42 Å². The summed E-state index contributed by atoms with van der Waals surface area (Å²) in [5, 5.41) is 5.01. The van der Waals surface area contributed by atoms with Crippen molar-refractivity contribution in [1.29, 1.82) is 0 Å². The fraction of sp³-hybridized carbons (Fsp3) is 0.400. The van der Waals surface area contributed by atoms with Crippen molar-refractivity contribution in [2.75, 3.05) is 5.73 Å². The lowest BCUT2D eigenvalue weighted by Gasteiger charge is -2.15. The van der Waals surface area contributed by atoms with Gasteiger partial charge in [-0.15, -0.1) is 0 Å². The highest BCUT2D eigenvalue weighted by atomic mass is 32.2. The molecule has 90 valence electrons. The van der Waals surface area contributed by atoms with Crippen LogP contribution in [0, 0.1) is 0 Å². The Balaban J connectivity index is 3.09. The van der Waals surface area contributed by atoms with Crippen molar-refractivity contribution in [3.63, 3.8) is 0 Å². The molecule has 16 heavy (non-hydrogen) atoms. The van der Waals surface area contributed by atoms with Crippen molar-refractivity contribution in [2.45, 2.75) is 31.3 Å². The third kappa shape index (κ3) is 3.11. The molecule has 0 fully saturated rings. The summed E-state index contributed by atoms with van der Waals surface area (Å²) in [6, 6.07) is 4.17. The molecule has 0 aliphatic carbocycles. The third-order valence-corrected chi connectivity index (χ3v) is 3.13. The van der Waals surface area contributed by atoms with Crippen molar-refractivity contribution in [3.05, 3.63) is 18.2 Å². The van der Waals surface area contributed by atoms with Gasteiger partial charge < -0.3 is 10.5 Å². The van der Waals surface area contributed by atoms with Gasteiger partial charge in [-0.2, -0.15) is 0 Å². The quantitative estimate of drug-likeness (QED) is 0.775. The monoisotopic (exact) mass is 244 g/mol. The Kier molecular flexibility index (Phi) is 3.77. The highest BCUT2D eigenvalue weighted by molar-refractivity contribution is 7.89. The minimum absolute atomic E-state index is 0.00000283. The van der Waals surface area contributed by atoms with Crippen LogP contribution in [0.5, 0.6) is 5.75 Å². The van der Waals surface area contributed by atoms with Gasteiger partial charge in [0.2, 0.25) is 10.0 Å².